The Morgan fingerprint density at radius 2 is 1.84 bits per heavy atom. The van der Waals surface area contributed by atoms with E-state index in [1.165, 1.54) is 7.11 Å². The van der Waals surface area contributed by atoms with E-state index in [4.69, 9.17) is 4.74 Å². The Balaban J connectivity index is 2.29. The minimum atomic E-state index is -0.451. The molecule has 110 valence electrons. The molecule has 1 heterocycles. The molecule has 0 saturated carbocycles. The Morgan fingerprint density at radius 3 is 2.32 bits per heavy atom. The average Bonchev–Trinajstić information content (AvgIpc) is 2.34. The SMILES string of the molecule is COC(=O)CSC1CCN(C(=O)OC(C)(C)C)CC1. The van der Waals surface area contributed by atoms with Crippen molar-refractivity contribution in [2.24, 2.45) is 0 Å². The van der Waals surface area contributed by atoms with Gasteiger partial charge in [0.25, 0.3) is 0 Å². The molecule has 0 bridgehead atoms. The van der Waals surface area contributed by atoms with Crippen molar-refractivity contribution in [1.82, 2.24) is 4.90 Å². The number of nitrogens with zero attached hydrogens (tertiary/aromatic N) is 1. The van der Waals surface area contributed by atoms with E-state index in [0.29, 0.717) is 24.1 Å². The molecule has 0 unspecified atom stereocenters. The Kier molecular flexibility index (Phi) is 5.97. The van der Waals surface area contributed by atoms with E-state index in [0.717, 1.165) is 12.8 Å². The number of ether oxygens (including phenoxy) is 2. The standard InChI is InChI=1S/C13H23NO4S/c1-13(2,3)18-12(16)14-7-5-10(6-8-14)19-9-11(15)17-4/h10H,5-9H2,1-4H3. The van der Waals surface area contributed by atoms with Crippen molar-refractivity contribution in [3.8, 4) is 0 Å². The molecule has 1 fully saturated rings. The van der Waals surface area contributed by atoms with Crippen LogP contribution in [-0.2, 0) is 14.3 Å². The molecule has 1 aliphatic heterocycles. The quantitative estimate of drug-likeness (QED) is 0.746. The average molecular weight is 289 g/mol. The van der Waals surface area contributed by atoms with Crippen LogP contribution in [0.2, 0.25) is 0 Å². The lowest BCUT2D eigenvalue weighted by Crippen LogP contribution is -2.42. The molecular weight excluding hydrogens is 266 g/mol. The lowest BCUT2D eigenvalue weighted by atomic mass is 10.1. The molecule has 0 aromatic heterocycles. The second-order valence-corrected chi connectivity index (χ2v) is 6.84. The fourth-order valence-corrected chi connectivity index (χ4v) is 2.81. The van der Waals surface area contributed by atoms with Crippen molar-refractivity contribution in [2.75, 3.05) is 26.0 Å². The van der Waals surface area contributed by atoms with Gasteiger partial charge in [0.15, 0.2) is 0 Å². The summed E-state index contributed by atoms with van der Waals surface area (Å²) in [7, 11) is 1.40. The van der Waals surface area contributed by atoms with E-state index < -0.39 is 5.60 Å². The van der Waals surface area contributed by atoms with Gasteiger partial charge in [0.05, 0.1) is 12.9 Å². The van der Waals surface area contributed by atoms with E-state index in [2.05, 4.69) is 4.74 Å². The second-order valence-electron chi connectivity index (χ2n) is 5.55. The van der Waals surface area contributed by atoms with Gasteiger partial charge in [-0.1, -0.05) is 0 Å². The highest BCUT2D eigenvalue weighted by Crippen LogP contribution is 2.24. The zero-order valence-electron chi connectivity index (χ0n) is 12.1. The maximum atomic E-state index is 11.9. The monoisotopic (exact) mass is 289 g/mol. The van der Waals surface area contributed by atoms with Crippen LogP contribution in [0.1, 0.15) is 33.6 Å². The van der Waals surface area contributed by atoms with Crippen LogP contribution in [0.15, 0.2) is 0 Å². The third-order valence-corrected chi connectivity index (χ3v) is 4.10. The first-order valence-corrected chi connectivity index (χ1v) is 7.53. The van der Waals surface area contributed by atoms with E-state index in [9.17, 15) is 9.59 Å². The molecule has 0 aromatic carbocycles. The minimum Gasteiger partial charge on any atom is -0.468 e. The van der Waals surface area contributed by atoms with E-state index in [1.807, 2.05) is 20.8 Å². The third kappa shape index (κ3) is 6.18. The van der Waals surface area contributed by atoms with Crippen molar-refractivity contribution >= 4 is 23.8 Å². The summed E-state index contributed by atoms with van der Waals surface area (Å²) < 4.78 is 9.95. The molecule has 1 saturated heterocycles. The molecule has 0 radical (unpaired) electrons. The van der Waals surface area contributed by atoms with Crippen LogP contribution in [0.4, 0.5) is 4.79 Å². The zero-order valence-corrected chi connectivity index (χ0v) is 12.9. The molecule has 6 heteroatoms. The van der Waals surface area contributed by atoms with E-state index in [1.54, 1.807) is 16.7 Å². The summed E-state index contributed by atoms with van der Waals surface area (Å²) in [4.78, 5) is 24.6. The van der Waals surface area contributed by atoms with Gasteiger partial charge in [-0.3, -0.25) is 4.79 Å². The predicted octanol–water partition coefficient (Wildman–Crippen LogP) is 2.29. The van der Waals surface area contributed by atoms with Crippen LogP contribution in [-0.4, -0.2) is 53.8 Å². The largest absolute Gasteiger partial charge is 0.468 e. The summed E-state index contributed by atoms with van der Waals surface area (Å²) in [5, 5.41) is 0.415. The highest BCUT2D eigenvalue weighted by Gasteiger charge is 2.27. The highest BCUT2D eigenvalue weighted by molar-refractivity contribution is 8.00. The number of methoxy groups -OCH3 is 1. The molecule has 0 aromatic rings. The molecule has 1 rings (SSSR count). The smallest absolute Gasteiger partial charge is 0.410 e. The van der Waals surface area contributed by atoms with Crippen molar-refractivity contribution < 1.29 is 19.1 Å². The topological polar surface area (TPSA) is 55.8 Å². The first kappa shape index (κ1) is 16.1. The summed E-state index contributed by atoms with van der Waals surface area (Å²) in [6, 6.07) is 0. The van der Waals surface area contributed by atoms with Crippen LogP contribution in [0.3, 0.4) is 0 Å². The lowest BCUT2D eigenvalue weighted by molar-refractivity contribution is -0.137. The normalized spacial score (nSPS) is 17.2. The molecule has 0 N–H and O–H groups in total. The molecule has 0 spiro atoms. The van der Waals surface area contributed by atoms with Crippen LogP contribution < -0.4 is 0 Å². The highest BCUT2D eigenvalue weighted by atomic mass is 32.2. The van der Waals surface area contributed by atoms with Gasteiger partial charge in [0.2, 0.25) is 0 Å². The molecule has 1 amide bonds. The summed E-state index contributed by atoms with van der Waals surface area (Å²) in [6.45, 7) is 6.97. The van der Waals surface area contributed by atoms with Crippen LogP contribution in [0, 0.1) is 0 Å². The number of amides is 1. The molecule has 19 heavy (non-hydrogen) atoms. The number of likely N-dealkylation sites (tertiary alicyclic amines) is 1. The second kappa shape index (κ2) is 7.03. The van der Waals surface area contributed by atoms with Gasteiger partial charge in [0.1, 0.15) is 5.60 Å². The molecule has 0 aliphatic carbocycles. The van der Waals surface area contributed by atoms with Gasteiger partial charge < -0.3 is 14.4 Å². The molecule has 5 nitrogen and oxygen atoms in total. The number of carbonyl (C=O) groups excluding carboxylic acids is 2. The van der Waals surface area contributed by atoms with Crippen molar-refractivity contribution in [1.29, 1.82) is 0 Å². The van der Waals surface area contributed by atoms with Gasteiger partial charge in [-0.25, -0.2) is 4.79 Å². The minimum absolute atomic E-state index is 0.195. The van der Waals surface area contributed by atoms with Crippen LogP contribution in [0.5, 0.6) is 0 Å². The molecule has 0 atom stereocenters. The molecule has 1 aliphatic rings. The Bertz CT molecular complexity index is 319. The number of thioether (sulfide) groups is 1. The number of carbonyl (C=O) groups is 2. The van der Waals surface area contributed by atoms with Crippen LogP contribution >= 0.6 is 11.8 Å². The van der Waals surface area contributed by atoms with Crippen molar-refractivity contribution in [2.45, 2.75) is 44.5 Å². The maximum Gasteiger partial charge on any atom is 0.410 e. The third-order valence-electron chi connectivity index (χ3n) is 2.76. The fraction of sp³-hybridized carbons (Fsp3) is 0.846. The van der Waals surface area contributed by atoms with Gasteiger partial charge in [-0.05, 0) is 33.6 Å². The van der Waals surface area contributed by atoms with Crippen LogP contribution in [0.25, 0.3) is 0 Å². The van der Waals surface area contributed by atoms with Crippen molar-refractivity contribution in [3.63, 3.8) is 0 Å². The van der Waals surface area contributed by atoms with E-state index in [-0.39, 0.29) is 12.1 Å². The number of hydrogen-bond donors (Lipinski definition) is 0. The summed E-state index contributed by atoms with van der Waals surface area (Å²) in [6.07, 6.45) is 1.53. The first-order valence-electron chi connectivity index (χ1n) is 6.48. The van der Waals surface area contributed by atoms with E-state index >= 15 is 0 Å². The van der Waals surface area contributed by atoms with Crippen molar-refractivity contribution in [3.05, 3.63) is 0 Å². The summed E-state index contributed by atoms with van der Waals surface area (Å²) in [5.74, 6) is 0.188. The Labute approximate surface area is 119 Å². The lowest BCUT2D eigenvalue weighted by Gasteiger charge is -2.33. The fourth-order valence-electron chi connectivity index (χ4n) is 1.78. The van der Waals surface area contributed by atoms with Gasteiger partial charge in [0, 0.05) is 18.3 Å². The van der Waals surface area contributed by atoms with Gasteiger partial charge >= 0.3 is 12.1 Å². The molecular formula is C13H23NO4S. The number of hydrogen-bond acceptors (Lipinski definition) is 5. The first-order chi connectivity index (χ1) is 8.81. The Morgan fingerprint density at radius 1 is 1.26 bits per heavy atom. The Hall–Kier alpha value is -0.910. The summed E-state index contributed by atoms with van der Waals surface area (Å²) in [5.41, 5.74) is -0.451. The maximum absolute atomic E-state index is 11.9. The zero-order chi connectivity index (χ0) is 14.5. The predicted molar refractivity (Wildman–Crippen MR) is 75.3 cm³/mol. The number of esters is 1. The number of rotatable bonds is 3. The van der Waals surface area contributed by atoms with Gasteiger partial charge in [-0.2, -0.15) is 0 Å². The summed E-state index contributed by atoms with van der Waals surface area (Å²) >= 11 is 1.60. The number of piperidine rings is 1. The van der Waals surface area contributed by atoms with Gasteiger partial charge in [-0.15, -0.1) is 11.8 Å².